The van der Waals surface area contributed by atoms with Gasteiger partial charge in [0.15, 0.2) is 17.3 Å². The molecular formula is C13H13F2N3O2. The topological polar surface area (TPSA) is 78.3 Å². The van der Waals surface area contributed by atoms with Gasteiger partial charge in [-0.25, -0.2) is 13.8 Å². The van der Waals surface area contributed by atoms with Gasteiger partial charge < -0.3 is 15.5 Å². The van der Waals surface area contributed by atoms with Gasteiger partial charge in [0.1, 0.15) is 5.52 Å². The summed E-state index contributed by atoms with van der Waals surface area (Å²) < 4.78 is 27.9. The van der Waals surface area contributed by atoms with Crippen LogP contribution in [0.5, 0.6) is 5.88 Å². The zero-order valence-electron chi connectivity index (χ0n) is 10.5. The van der Waals surface area contributed by atoms with Crippen LogP contribution in [0.1, 0.15) is 18.7 Å². The van der Waals surface area contributed by atoms with Crippen molar-refractivity contribution in [2.75, 3.05) is 18.5 Å². The summed E-state index contributed by atoms with van der Waals surface area (Å²) in [5.74, 6) is -1.29. The fourth-order valence-electron chi connectivity index (χ4n) is 2.01. The molecule has 1 aliphatic carbocycles. The van der Waals surface area contributed by atoms with E-state index in [1.165, 1.54) is 12.1 Å². The molecule has 0 amide bonds. The van der Waals surface area contributed by atoms with Crippen molar-refractivity contribution in [3.8, 4) is 5.88 Å². The molecule has 3 N–H and O–H groups in total. The lowest BCUT2D eigenvalue weighted by Crippen LogP contribution is -2.08. The number of aliphatic hydroxyl groups is 1. The van der Waals surface area contributed by atoms with Crippen LogP contribution in [0.4, 0.5) is 14.5 Å². The lowest BCUT2D eigenvalue weighted by molar-refractivity contribution is 0.297. The van der Waals surface area contributed by atoms with Crippen LogP contribution < -0.4 is 5.32 Å². The summed E-state index contributed by atoms with van der Waals surface area (Å²) in [6, 6.07) is 2.65. The van der Waals surface area contributed by atoms with Gasteiger partial charge in [-0.05, 0) is 25.0 Å². The Morgan fingerprint density at radius 2 is 2.05 bits per heavy atom. The molecule has 0 bridgehead atoms. The number of nitrogens with zero attached hydrogens (tertiary/aromatic N) is 2. The molecule has 0 radical (unpaired) electrons. The van der Waals surface area contributed by atoms with Crippen LogP contribution in [0.3, 0.4) is 0 Å². The van der Waals surface area contributed by atoms with Crippen molar-refractivity contribution in [1.29, 1.82) is 0 Å². The maximum absolute atomic E-state index is 14.0. The molecule has 3 rings (SSSR count). The highest BCUT2D eigenvalue weighted by Gasteiger charge is 2.48. The van der Waals surface area contributed by atoms with Crippen LogP contribution in [0, 0.1) is 5.82 Å². The molecular weight excluding hydrogens is 268 g/mol. The first-order valence-electron chi connectivity index (χ1n) is 6.28. The number of hydrogen-bond donors (Lipinski definition) is 3. The fraction of sp³-hybridized carbons (Fsp3) is 0.385. The average Bonchev–Trinajstić information content (AvgIpc) is 3.16. The predicted octanol–water partition coefficient (Wildman–Crippen LogP) is 1.84. The van der Waals surface area contributed by atoms with Crippen molar-refractivity contribution in [3.05, 3.63) is 23.8 Å². The summed E-state index contributed by atoms with van der Waals surface area (Å²) in [7, 11) is 0. The van der Waals surface area contributed by atoms with E-state index in [2.05, 4.69) is 15.3 Å². The molecule has 20 heavy (non-hydrogen) atoms. The quantitative estimate of drug-likeness (QED) is 0.797. The van der Waals surface area contributed by atoms with Gasteiger partial charge in [-0.1, -0.05) is 0 Å². The Balaban J connectivity index is 2.10. The molecule has 1 heterocycles. The maximum atomic E-state index is 14.0. The third-order valence-electron chi connectivity index (χ3n) is 3.26. The highest BCUT2D eigenvalue weighted by atomic mass is 19.1. The average molecular weight is 281 g/mol. The Hall–Kier alpha value is -2.02. The number of aliphatic hydroxyl groups excluding tert-OH is 1. The summed E-state index contributed by atoms with van der Waals surface area (Å²) >= 11 is 0. The maximum Gasteiger partial charge on any atom is 0.222 e. The van der Waals surface area contributed by atoms with Crippen LogP contribution in [0.15, 0.2) is 12.1 Å². The lowest BCUT2D eigenvalue weighted by Gasteiger charge is -2.10. The highest BCUT2D eigenvalue weighted by molar-refractivity contribution is 5.87. The molecule has 1 saturated carbocycles. The van der Waals surface area contributed by atoms with Gasteiger partial charge in [0.25, 0.3) is 0 Å². The van der Waals surface area contributed by atoms with E-state index in [4.69, 9.17) is 5.11 Å². The normalized spacial score (nSPS) is 16.4. The van der Waals surface area contributed by atoms with E-state index in [9.17, 15) is 13.9 Å². The number of rotatable bonds is 4. The first-order valence-corrected chi connectivity index (χ1v) is 6.28. The van der Waals surface area contributed by atoms with E-state index in [0.29, 0.717) is 5.69 Å². The molecule has 106 valence electrons. The van der Waals surface area contributed by atoms with E-state index < -0.39 is 17.4 Å². The SMILES string of the molecule is OCCNc1cc(F)c2nc(C3(F)CC3)nc(O)c2c1. The molecule has 1 aromatic heterocycles. The van der Waals surface area contributed by atoms with E-state index in [1.807, 2.05) is 0 Å². The first kappa shape index (κ1) is 13.0. The summed E-state index contributed by atoms with van der Waals surface area (Å²) in [6.45, 7) is 0.143. The minimum atomic E-state index is -1.63. The zero-order chi connectivity index (χ0) is 14.3. The molecule has 0 spiro atoms. The second-order valence-electron chi connectivity index (χ2n) is 4.84. The molecule has 0 atom stereocenters. The molecule has 0 unspecified atom stereocenters. The zero-order valence-corrected chi connectivity index (χ0v) is 10.5. The van der Waals surface area contributed by atoms with Crippen LogP contribution in [0.2, 0.25) is 0 Å². The number of hydrogen-bond acceptors (Lipinski definition) is 5. The number of alkyl halides is 1. The minimum absolute atomic E-state index is 0.106. The van der Waals surface area contributed by atoms with Gasteiger partial charge in [0.05, 0.1) is 12.0 Å². The third kappa shape index (κ3) is 2.14. The Bertz CT molecular complexity index is 674. The summed E-state index contributed by atoms with van der Waals surface area (Å²) in [6.07, 6.45) is 0.575. The van der Waals surface area contributed by atoms with Gasteiger partial charge in [-0.15, -0.1) is 0 Å². The molecule has 1 fully saturated rings. The lowest BCUT2D eigenvalue weighted by atomic mass is 10.2. The van der Waals surface area contributed by atoms with Crippen LogP contribution in [-0.4, -0.2) is 33.3 Å². The van der Waals surface area contributed by atoms with Crippen molar-refractivity contribution >= 4 is 16.6 Å². The van der Waals surface area contributed by atoms with Gasteiger partial charge in [0.2, 0.25) is 5.88 Å². The van der Waals surface area contributed by atoms with Gasteiger partial charge >= 0.3 is 0 Å². The van der Waals surface area contributed by atoms with Gasteiger partial charge in [-0.2, -0.15) is 4.98 Å². The number of aromatic nitrogens is 2. The van der Waals surface area contributed by atoms with Crippen LogP contribution in [0.25, 0.3) is 10.9 Å². The minimum Gasteiger partial charge on any atom is -0.493 e. The van der Waals surface area contributed by atoms with E-state index in [0.717, 1.165) is 0 Å². The highest BCUT2D eigenvalue weighted by Crippen LogP contribution is 2.48. The van der Waals surface area contributed by atoms with Crippen LogP contribution in [-0.2, 0) is 5.67 Å². The Kier molecular flexibility index (Phi) is 2.93. The van der Waals surface area contributed by atoms with E-state index >= 15 is 0 Å². The Labute approximate surface area is 113 Å². The molecule has 5 nitrogen and oxygen atoms in total. The van der Waals surface area contributed by atoms with E-state index in [-0.39, 0.29) is 42.7 Å². The molecule has 1 aromatic carbocycles. The van der Waals surface area contributed by atoms with Crippen molar-refractivity contribution in [2.24, 2.45) is 0 Å². The Morgan fingerprint density at radius 1 is 1.30 bits per heavy atom. The smallest absolute Gasteiger partial charge is 0.222 e. The van der Waals surface area contributed by atoms with Crippen molar-refractivity contribution in [2.45, 2.75) is 18.5 Å². The number of benzene rings is 1. The molecule has 0 saturated heterocycles. The molecule has 1 aliphatic rings. The number of fused-ring (bicyclic) bond motifs is 1. The van der Waals surface area contributed by atoms with Crippen molar-refractivity contribution < 1.29 is 19.0 Å². The summed E-state index contributed by atoms with van der Waals surface area (Å²) in [5, 5.41) is 21.5. The molecule has 0 aliphatic heterocycles. The summed E-state index contributed by atoms with van der Waals surface area (Å²) in [4.78, 5) is 7.62. The number of aromatic hydroxyl groups is 1. The monoisotopic (exact) mass is 281 g/mol. The van der Waals surface area contributed by atoms with Crippen LogP contribution >= 0.6 is 0 Å². The predicted molar refractivity (Wildman–Crippen MR) is 68.8 cm³/mol. The second kappa shape index (κ2) is 4.52. The standard InChI is InChI=1S/C13H13F2N3O2/c14-9-6-7(16-3-4-19)5-8-10(9)17-12(18-11(8)20)13(15)1-2-13/h5-6,16,19H,1-4H2,(H,17,18,20). The van der Waals surface area contributed by atoms with Crippen molar-refractivity contribution in [3.63, 3.8) is 0 Å². The number of anilines is 1. The molecule has 7 heteroatoms. The fourth-order valence-corrected chi connectivity index (χ4v) is 2.01. The Morgan fingerprint density at radius 3 is 2.70 bits per heavy atom. The van der Waals surface area contributed by atoms with Gasteiger partial charge in [0, 0.05) is 12.2 Å². The first-order chi connectivity index (χ1) is 9.53. The number of nitrogens with one attached hydrogen (secondary N) is 1. The van der Waals surface area contributed by atoms with Gasteiger partial charge in [-0.3, -0.25) is 0 Å². The second-order valence-corrected chi connectivity index (χ2v) is 4.84. The third-order valence-corrected chi connectivity index (χ3v) is 3.26. The largest absolute Gasteiger partial charge is 0.493 e. The van der Waals surface area contributed by atoms with E-state index in [1.54, 1.807) is 0 Å². The molecule has 2 aromatic rings. The van der Waals surface area contributed by atoms with Crippen molar-refractivity contribution in [1.82, 2.24) is 9.97 Å². The number of halogens is 2. The summed E-state index contributed by atoms with van der Waals surface area (Å²) in [5.41, 5.74) is -1.35.